The van der Waals surface area contributed by atoms with Crippen LogP contribution in [0.5, 0.6) is 0 Å². The lowest BCUT2D eigenvalue weighted by atomic mass is 10.4. The van der Waals surface area contributed by atoms with Crippen LogP contribution in [0.1, 0.15) is 11.4 Å². The van der Waals surface area contributed by atoms with Crippen molar-refractivity contribution in [1.82, 2.24) is 19.3 Å². The number of hydrogen-bond donors (Lipinski definition) is 0. The second-order valence-corrected chi connectivity index (χ2v) is 3.91. The summed E-state index contributed by atoms with van der Waals surface area (Å²) in [6.07, 6.45) is 3.24. The van der Waals surface area contributed by atoms with E-state index in [0.717, 1.165) is 5.69 Å². The molecule has 2 heterocycles. The Morgan fingerprint density at radius 1 is 1.50 bits per heavy atom. The van der Waals surface area contributed by atoms with Crippen LogP contribution in [0.2, 0.25) is 5.15 Å². The minimum atomic E-state index is -0.107. The molecule has 84 valence electrons. The van der Waals surface area contributed by atoms with Crippen LogP contribution >= 0.6 is 11.6 Å². The van der Waals surface area contributed by atoms with Gasteiger partial charge in [0.2, 0.25) is 0 Å². The van der Waals surface area contributed by atoms with Gasteiger partial charge in [0.25, 0.3) is 5.56 Å². The van der Waals surface area contributed by atoms with Gasteiger partial charge in [-0.2, -0.15) is 5.10 Å². The fourth-order valence-electron chi connectivity index (χ4n) is 1.43. The first kappa shape index (κ1) is 10.9. The average molecular weight is 239 g/mol. The molecule has 0 saturated heterocycles. The first-order chi connectivity index (χ1) is 7.58. The predicted octanol–water partition coefficient (Wildman–Crippen LogP) is 0.987. The fraction of sp³-hybridized carbons (Fsp3) is 0.300. The van der Waals surface area contributed by atoms with Crippen LogP contribution in [-0.4, -0.2) is 19.3 Å². The highest BCUT2D eigenvalue weighted by Gasteiger charge is 2.05. The van der Waals surface area contributed by atoms with Crippen molar-refractivity contribution < 1.29 is 0 Å². The Bertz CT molecular complexity index is 553. The van der Waals surface area contributed by atoms with E-state index in [4.69, 9.17) is 11.6 Å². The maximum Gasteiger partial charge on any atom is 0.272 e. The Morgan fingerprint density at radius 3 is 2.88 bits per heavy atom. The molecule has 0 bridgehead atoms. The smallest absolute Gasteiger partial charge is 0.272 e. The fourth-order valence-corrected chi connectivity index (χ4v) is 1.60. The first-order valence-corrected chi connectivity index (χ1v) is 5.16. The zero-order valence-electron chi connectivity index (χ0n) is 9.01. The molecule has 0 aliphatic carbocycles. The van der Waals surface area contributed by atoms with Gasteiger partial charge in [0.15, 0.2) is 0 Å². The minimum absolute atomic E-state index is 0.107. The van der Waals surface area contributed by atoms with Crippen molar-refractivity contribution in [3.8, 4) is 0 Å². The summed E-state index contributed by atoms with van der Waals surface area (Å²) < 4.78 is 3.12. The molecule has 0 aliphatic heterocycles. The molecule has 6 heteroatoms. The molecule has 0 saturated carbocycles. The second-order valence-electron chi connectivity index (χ2n) is 3.53. The summed E-state index contributed by atoms with van der Waals surface area (Å²) in [5.74, 6) is 0. The number of halogens is 1. The largest absolute Gasteiger partial charge is 0.306 e. The Balaban J connectivity index is 2.34. The number of aromatic nitrogens is 4. The van der Waals surface area contributed by atoms with Crippen LogP contribution in [0.25, 0.3) is 0 Å². The molecule has 0 aliphatic rings. The SMILES string of the molecule is Cc1nccn(Cc2cc(Cl)n(C)n2)c1=O. The lowest BCUT2D eigenvalue weighted by Gasteiger charge is -2.02. The molecule has 0 atom stereocenters. The van der Waals surface area contributed by atoms with Crippen LogP contribution in [0.15, 0.2) is 23.3 Å². The molecule has 2 rings (SSSR count). The van der Waals surface area contributed by atoms with Crippen molar-refractivity contribution >= 4 is 11.6 Å². The molecule has 0 fully saturated rings. The van der Waals surface area contributed by atoms with E-state index in [1.807, 2.05) is 0 Å². The molecule has 0 spiro atoms. The molecule has 2 aromatic heterocycles. The molecule has 2 aromatic rings. The molecule has 16 heavy (non-hydrogen) atoms. The summed E-state index contributed by atoms with van der Waals surface area (Å²) in [5, 5.41) is 4.73. The molecule has 0 aromatic carbocycles. The van der Waals surface area contributed by atoms with Gasteiger partial charge in [-0.3, -0.25) is 14.5 Å². The third-order valence-corrected chi connectivity index (χ3v) is 2.64. The maximum absolute atomic E-state index is 11.7. The number of aryl methyl sites for hydroxylation is 2. The van der Waals surface area contributed by atoms with Gasteiger partial charge in [0.05, 0.1) is 12.2 Å². The van der Waals surface area contributed by atoms with Crippen molar-refractivity contribution in [2.75, 3.05) is 0 Å². The Morgan fingerprint density at radius 2 is 2.25 bits per heavy atom. The van der Waals surface area contributed by atoms with Gasteiger partial charge in [-0.15, -0.1) is 0 Å². The summed E-state index contributed by atoms with van der Waals surface area (Å²) in [6.45, 7) is 2.09. The van der Waals surface area contributed by atoms with Crippen molar-refractivity contribution in [3.63, 3.8) is 0 Å². The Labute approximate surface area is 97.3 Å². The first-order valence-electron chi connectivity index (χ1n) is 4.78. The standard InChI is InChI=1S/C10H11ClN4O/c1-7-10(16)15(4-3-12-7)6-8-5-9(11)14(2)13-8/h3-5H,6H2,1-2H3. The summed E-state index contributed by atoms with van der Waals surface area (Å²) >= 11 is 5.87. The van der Waals surface area contributed by atoms with E-state index < -0.39 is 0 Å². The van der Waals surface area contributed by atoms with E-state index >= 15 is 0 Å². The van der Waals surface area contributed by atoms with E-state index in [1.165, 1.54) is 0 Å². The molecule has 0 radical (unpaired) electrons. The van der Waals surface area contributed by atoms with E-state index in [0.29, 0.717) is 17.4 Å². The molecular formula is C10H11ClN4O. The average Bonchev–Trinajstić information content (AvgIpc) is 2.54. The molecule has 0 unspecified atom stereocenters. The normalized spacial score (nSPS) is 10.7. The van der Waals surface area contributed by atoms with Gasteiger partial charge in [-0.05, 0) is 6.92 Å². The van der Waals surface area contributed by atoms with E-state index in [1.54, 1.807) is 41.7 Å². The van der Waals surface area contributed by atoms with Crippen LogP contribution in [0.4, 0.5) is 0 Å². The zero-order chi connectivity index (χ0) is 11.7. The monoisotopic (exact) mass is 238 g/mol. The third kappa shape index (κ3) is 1.99. The summed E-state index contributed by atoms with van der Waals surface area (Å²) in [6, 6.07) is 1.74. The second kappa shape index (κ2) is 4.09. The van der Waals surface area contributed by atoms with Crippen molar-refractivity contribution in [3.05, 3.63) is 45.4 Å². The van der Waals surface area contributed by atoms with Gasteiger partial charge in [-0.25, -0.2) is 0 Å². The number of rotatable bonds is 2. The van der Waals surface area contributed by atoms with Crippen LogP contribution < -0.4 is 5.56 Å². The van der Waals surface area contributed by atoms with Crippen molar-refractivity contribution in [1.29, 1.82) is 0 Å². The zero-order valence-corrected chi connectivity index (χ0v) is 9.77. The van der Waals surface area contributed by atoms with Crippen molar-refractivity contribution in [2.24, 2.45) is 7.05 Å². The molecule has 0 N–H and O–H groups in total. The number of hydrogen-bond acceptors (Lipinski definition) is 3. The van der Waals surface area contributed by atoms with E-state index in [2.05, 4.69) is 10.1 Å². The van der Waals surface area contributed by atoms with E-state index in [9.17, 15) is 4.79 Å². The third-order valence-electron chi connectivity index (χ3n) is 2.29. The molecule has 5 nitrogen and oxygen atoms in total. The lowest BCUT2D eigenvalue weighted by Crippen LogP contribution is -2.23. The predicted molar refractivity (Wildman–Crippen MR) is 60.6 cm³/mol. The van der Waals surface area contributed by atoms with Gasteiger partial charge < -0.3 is 4.57 Å². The summed E-state index contributed by atoms with van der Waals surface area (Å²) in [4.78, 5) is 15.6. The Kier molecular flexibility index (Phi) is 2.78. The topological polar surface area (TPSA) is 52.7 Å². The molecule has 0 amide bonds. The van der Waals surface area contributed by atoms with Gasteiger partial charge in [0.1, 0.15) is 10.8 Å². The highest BCUT2D eigenvalue weighted by atomic mass is 35.5. The number of nitrogens with zero attached hydrogens (tertiary/aromatic N) is 4. The summed E-state index contributed by atoms with van der Waals surface area (Å²) in [7, 11) is 1.76. The maximum atomic E-state index is 11.7. The Hall–Kier alpha value is -1.62. The van der Waals surface area contributed by atoms with Crippen LogP contribution in [-0.2, 0) is 13.6 Å². The highest BCUT2D eigenvalue weighted by molar-refractivity contribution is 6.29. The quantitative estimate of drug-likeness (QED) is 0.784. The van der Waals surface area contributed by atoms with Crippen molar-refractivity contribution in [2.45, 2.75) is 13.5 Å². The van der Waals surface area contributed by atoms with Crippen LogP contribution in [0, 0.1) is 6.92 Å². The molecular weight excluding hydrogens is 228 g/mol. The van der Waals surface area contributed by atoms with E-state index in [-0.39, 0.29) is 5.56 Å². The van der Waals surface area contributed by atoms with Gasteiger partial charge in [0, 0.05) is 25.5 Å². The highest BCUT2D eigenvalue weighted by Crippen LogP contribution is 2.09. The minimum Gasteiger partial charge on any atom is -0.306 e. The van der Waals surface area contributed by atoms with Gasteiger partial charge >= 0.3 is 0 Å². The van der Waals surface area contributed by atoms with Gasteiger partial charge in [-0.1, -0.05) is 11.6 Å². The lowest BCUT2D eigenvalue weighted by molar-refractivity contribution is 0.683. The van der Waals surface area contributed by atoms with Crippen LogP contribution in [0.3, 0.4) is 0 Å². The summed E-state index contributed by atoms with van der Waals surface area (Å²) in [5.41, 5.74) is 1.12.